The summed E-state index contributed by atoms with van der Waals surface area (Å²) >= 11 is 1.88. The molecule has 0 spiro atoms. The van der Waals surface area contributed by atoms with Crippen molar-refractivity contribution in [3.63, 3.8) is 0 Å². The molecule has 1 aromatic carbocycles. The summed E-state index contributed by atoms with van der Waals surface area (Å²) in [5.41, 5.74) is 2.00. The summed E-state index contributed by atoms with van der Waals surface area (Å²) in [7, 11) is 0. The summed E-state index contributed by atoms with van der Waals surface area (Å²) in [6, 6.07) is 10.1. The molecule has 31 heavy (non-hydrogen) atoms. The van der Waals surface area contributed by atoms with Crippen LogP contribution in [0.5, 0.6) is 0 Å². The zero-order valence-corrected chi connectivity index (χ0v) is 18.7. The van der Waals surface area contributed by atoms with Crippen molar-refractivity contribution in [2.75, 3.05) is 47.5 Å². The number of hydrogen-bond acceptors (Lipinski definition) is 6. The molecule has 2 fully saturated rings. The van der Waals surface area contributed by atoms with Crippen molar-refractivity contribution in [1.29, 1.82) is 0 Å². The first-order valence-electron chi connectivity index (χ1n) is 11.4. The molecule has 0 atom stereocenters. The molecule has 1 saturated heterocycles. The molecule has 0 radical (unpaired) electrons. The van der Waals surface area contributed by atoms with Gasteiger partial charge in [0.05, 0.1) is 10.6 Å². The maximum absolute atomic E-state index is 12.6. The quantitative estimate of drug-likeness (QED) is 0.745. The maximum Gasteiger partial charge on any atom is 0.321 e. The summed E-state index contributed by atoms with van der Waals surface area (Å²) in [5.74, 6) is 2.92. The van der Waals surface area contributed by atoms with Gasteiger partial charge in [-0.15, -0.1) is 11.8 Å². The van der Waals surface area contributed by atoms with Crippen LogP contribution in [0.3, 0.4) is 0 Å². The lowest BCUT2D eigenvalue weighted by molar-refractivity contribution is 0.208. The molecule has 2 N–H and O–H groups in total. The number of nitrogens with zero attached hydrogens (tertiary/aromatic N) is 4. The van der Waals surface area contributed by atoms with Gasteiger partial charge in [-0.2, -0.15) is 4.98 Å². The Morgan fingerprint density at radius 3 is 2.55 bits per heavy atom. The van der Waals surface area contributed by atoms with E-state index in [0.29, 0.717) is 19.1 Å². The van der Waals surface area contributed by atoms with Crippen molar-refractivity contribution in [2.45, 2.75) is 49.5 Å². The maximum atomic E-state index is 12.6. The Kier molecular flexibility index (Phi) is 6.15. The fourth-order valence-electron chi connectivity index (χ4n) is 4.57. The number of fused-ring (bicyclic) bond motifs is 1. The molecule has 1 saturated carbocycles. The number of carbonyl (C=O) groups is 1. The molecule has 2 amide bonds. The van der Waals surface area contributed by atoms with E-state index < -0.39 is 0 Å². The zero-order valence-electron chi connectivity index (χ0n) is 17.8. The molecule has 164 valence electrons. The van der Waals surface area contributed by atoms with Gasteiger partial charge in [-0.3, -0.25) is 0 Å². The van der Waals surface area contributed by atoms with E-state index in [1.165, 1.54) is 42.7 Å². The van der Waals surface area contributed by atoms with Crippen LogP contribution in [0.1, 0.15) is 37.8 Å². The molecule has 2 aliphatic heterocycles. The van der Waals surface area contributed by atoms with Crippen molar-refractivity contribution in [1.82, 2.24) is 14.9 Å². The molecular formula is C23H30N6OS. The molecule has 8 heteroatoms. The molecule has 5 rings (SSSR count). The van der Waals surface area contributed by atoms with Crippen molar-refractivity contribution >= 4 is 35.2 Å². The number of rotatable bonds is 4. The SMILES string of the molecule is O=C(Nc1ccccc1)N1CCN(c2nc3c(c(NC4CCCCC4)n2)SCC3)CC1. The van der Waals surface area contributed by atoms with Gasteiger partial charge in [-0.1, -0.05) is 37.5 Å². The van der Waals surface area contributed by atoms with E-state index in [-0.39, 0.29) is 6.03 Å². The number of hydrogen-bond donors (Lipinski definition) is 2. The van der Waals surface area contributed by atoms with Crippen LogP contribution >= 0.6 is 11.8 Å². The standard InChI is InChI=1S/C23H30N6OS/c30-23(25-18-9-5-2-6-10-18)29-14-12-28(13-15-29)22-26-19-11-16-31-20(19)21(27-22)24-17-7-3-1-4-8-17/h2,5-6,9-10,17H,1,3-4,7-8,11-16H2,(H,25,30)(H,24,26,27). The van der Waals surface area contributed by atoms with Crippen LogP contribution in [0, 0.1) is 0 Å². The molecule has 2 aromatic rings. The summed E-state index contributed by atoms with van der Waals surface area (Å²) in [6.07, 6.45) is 7.42. The molecule has 0 unspecified atom stereocenters. The van der Waals surface area contributed by atoms with Gasteiger partial charge in [0.2, 0.25) is 5.95 Å². The van der Waals surface area contributed by atoms with Crippen molar-refractivity contribution in [3.05, 3.63) is 36.0 Å². The lowest BCUT2D eigenvalue weighted by atomic mass is 9.95. The fourth-order valence-corrected chi connectivity index (χ4v) is 5.62. The van der Waals surface area contributed by atoms with Crippen LogP contribution in [0.4, 0.5) is 22.2 Å². The molecular weight excluding hydrogens is 408 g/mol. The zero-order chi connectivity index (χ0) is 21.0. The average Bonchev–Trinajstić information content (AvgIpc) is 3.30. The third kappa shape index (κ3) is 4.74. The second kappa shape index (κ2) is 9.34. The van der Waals surface area contributed by atoms with Crippen LogP contribution in [0.2, 0.25) is 0 Å². The van der Waals surface area contributed by atoms with E-state index in [1.807, 2.05) is 47.0 Å². The van der Waals surface area contributed by atoms with Gasteiger partial charge in [0.15, 0.2) is 0 Å². The molecule has 1 aromatic heterocycles. The van der Waals surface area contributed by atoms with Crippen LogP contribution < -0.4 is 15.5 Å². The number of para-hydroxylation sites is 1. The molecule has 7 nitrogen and oxygen atoms in total. The van der Waals surface area contributed by atoms with E-state index in [2.05, 4.69) is 15.5 Å². The summed E-state index contributed by atoms with van der Waals surface area (Å²) < 4.78 is 0. The normalized spacial score (nSPS) is 19.2. The van der Waals surface area contributed by atoms with E-state index in [1.54, 1.807) is 0 Å². The molecule has 3 heterocycles. The van der Waals surface area contributed by atoms with Crippen LogP contribution in [0.25, 0.3) is 0 Å². The number of anilines is 3. The first kappa shape index (κ1) is 20.4. The number of carbonyl (C=O) groups excluding carboxylic acids is 1. The number of nitrogens with one attached hydrogen (secondary N) is 2. The fraction of sp³-hybridized carbons (Fsp3) is 0.522. The monoisotopic (exact) mass is 438 g/mol. The lowest BCUT2D eigenvalue weighted by Gasteiger charge is -2.35. The topological polar surface area (TPSA) is 73.4 Å². The first-order valence-corrected chi connectivity index (χ1v) is 12.4. The van der Waals surface area contributed by atoms with Gasteiger partial charge in [0, 0.05) is 50.1 Å². The largest absolute Gasteiger partial charge is 0.366 e. The van der Waals surface area contributed by atoms with E-state index >= 15 is 0 Å². The first-order chi connectivity index (χ1) is 15.3. The second-order valence-electron chi connectivity index (χ2n) is 8.50. The Bertz CT molecular complexity index is 910. The van der Waals surface area contributed by atoms with Gasteiger partial charge in [0.1, 0.15) is 5.82 Å². The highest BCUT2D eigenvalue weighted by atomic mass is 32.2. The highest BCUT2D eigenvalue weighted by Gasteiger charge is 2.27. The summed E-state index contributed by atoms with van der Waals surface area (Å²) in [4.78, 5) is 27.8. The number of thioether (sulfide) groups is 1. The number of urea groups is 1. The Morgan fingerprint density at radius 1 is 1.00 bits per heavy atom. The smallest absolute Gasteiger partial charge is 0.321 e. The number of benzene rings is 1. The molecule has 1 aliphatic carbocycles. The van der Waals surface area contributed by atoms with Gasteiger partial charge < -0.3 is 20.4 Å². The van der Waals surface area contributed by atoms with Gasteiger partial charge >= 0.3 is 6.03 Å². The van der Waals surface area contributed by atoms with Gasteiger partial charge in [0.25, 0.3) is 0 Å². The van der Waals surface area contributed by atoms with E-state index in [9.17, 15) is 4.79 Å². The second-order valence-corrected chi connectivity index (χ2v) is 9.60. The third-order valence-corrected chi connectivity index (χ3v) is 7.46. The Morgan fingerprint density at radius 2 is 1.77 bits per heavy atom. The highest BCUT2D eigenvalue weighted by molar-refractivity contribution is 7.99. The van der Waals surface area contributed by atoms with E-state index in [0.717, 1.165) is 42.7 Å². The number of piperazine rings is 1. The van der Waals surface area contributed by atoms with Gasteiger partial charge in [-0.25, -0.2) is 9.78 Å². The Labute approximate surface area is 188 Å². The minimum Gasteiger partial charge on any atom is -0.366 e. The molecule has 0 bridgehead atoms. The highest BCUT2D eigenvalue weighted by Crippen LogP contribution is 2.37. The summed E-state index contributed by atoms with van der Waals surface area (Å²) in [5, 5.41) is 6.72. The predicted molar refractivity (Wildman–Crippen MR) is 126 cm³/mol. The van der Waals surface area contributed by atoms with Crippen molar-refractivity contribution in [3.8, 4) is 0 Å². The number of aromatic nitrogens is 2. The number of aryl methyl sites for hydroxylation is 1. The number of amides is 2. The van der Waals surface area contributed by atoms with Crippen LogP contribution in [-0.4, -0.2) is 58.9 Å². The average molecular weight is 439 g/mol. The molecule has 3 aliphatic rings. The van der Waals surface area contributed by atoms with Crippen LogP contribution in [0.15, 0.2) is 35.2 Å². The van der Waals surface area contributed by atoms with Crippen LogP contribution in [-0.2, 0) is 6.42 Å². The predicted octanol–water partition coefficient (Wildman–Crippen LogP) is 4.22. The minimum absolute atomic E-state index is 0.0447. The van der Waals surface area contributed by atoms with Gasteiger partial charge in [-0.05, 0) is 25.0 Å². The minimum atomic E-state index is -0.0447. The summed E-state index contributed by atoms with van der Waals surface area (Å²) in [6.45, 7) is 2.83. The van der Waals surface area contributed by atoms with Crippen molar-refractivity contribution in [2.24, 2.45) is 0 Å². The van der Waals surface area contributed by atoms with Crippen molar-refractivity contribution < 1.29 is 4.79 Å². The van der Waals surface area contributed by atoms with E-state index in [4.69, 9.17) is 9.97 Å². The Balaban J connectivity index is 1.24. The lowest BCUT2D eigenvalue weighted by Crippen LogP contribution is -2.50. The third-order valence-electron chi connectivity index (χ3n) is 6.33. The Hall–Kier alpha value is -2.48.